The van der Waals surface area contributed by atoms with Crippen LogP contribution in [0.25, 0.3) is 0 Å². The first-order valence-corrected chi connectivity index (χ1v) is 10.9. The van der Waals surface area contributed by atoms with Crippen molar-refractivity contribution in [2.24, 2.45) is 23.7 Å². The fraction of sp³-hybridized carbons (Fsp3) is 0.818. The number of hydrogen-bond acceptors (Lipinski definition) is 10. The van der Waals surface area contributed by atoms with Gasteiger partial charge in [0, 0.05) is 0 Å². The van der Waals surface area contributed by atoms with Gasteiger partial charge in [0.15, 0.2) is 6.10 Å². The molecule has 1 saturated heterocycles. The summed E-state index contributed by atoms with van der Waals surface area (Å²) in [7, 11) is 0. The van der Waals surface area contributed by atoms with Crippen LogP contribution in [0.4, 0.5) is 0 Å². The van der Waals surface area contributed by atoms with Crippen LogP contribution in [-0.2, 0) is 42.9 Å². The normalized spacial score (nSPS) is 25.7. The smallest absolute Gasteiger partial charge is 0.310 e. The van der Waals surface area contributed by atoms with Gasteiger partial charge in [-0.1, -0.05) is 55.4 Å². The molecule has 0 bridgehead atoms. The van der Waals surface area contributed by atoms with Crippen molar-refractivity contribution < 1.29 is 48.0 Å². The van der Waals surface area contributed by atoms with E-state index >= 15 is 0 Å². The Balaban J connectivity index is 3.27. The van der Waals surface area contributed by atoms with Crippen molar-refractivity contribution in [1.29, 1.82) is 0 Å². The molecule has 0 spiro atoms. The minimum absolute atomic E-state index is 0.380. The Morgan fingerprint density at radius 3 is 1.53 bits per heavy atom. The van der Waals surface area contributed by atoms with Gasteiger partial charge in [-0.3, -0.25) is 19.2 Å². The molecule has 1 aliphatic rings. The lowest BCUT2D eigenvalue weighted by Crippen LogP contribution is -2.62. The average Bonchev–Trinajstić information content (AvgIpc) is 2.70. The van der Waals surface area contributed by atoms with Crippen molar-refractivity contribution in [3.05, 3.63) is 0 Å². The quantitative estimate of drug-likeness (QED) is 0.399. The van der Waals surface area contributed by atoms with Gasteiger partial charge in [0.05, 0.1) is 23.7 Å². The summed E-state index contributed by atoms with van der Waals surface area (Å²) in [6.45, 7) is 12.5. The third kappa shape index (κ3) is 7.74. The predicted molar refractivity (Wildman–Crippen MR) is 111 cm³/mol. The lowest BCUT2D eigenvalue weighted by Gasteiger charge is -2.43. The van der Waals surface area contributed by atoms with Gasteiger partial charge in [-0.15, -0.1) is 0 Å². The van der Waals surface area contributed by atoms with E-state index in [1.807, 2.05) is 0 Å². The minimum Gasteiger partial charge on any atom is -0.463 e. The molecule has 1 heterocycles. The predicted octanol–water partition coefficient (Wildman–Crippen LogP) is 1.61. The first kappa shape index (κ1) is 27.8. The van der Waals surface area contributed by atoms with Gasteiger partial charge in [-0.25, -0.2) is 0 Å². The Morgan fingerprint density at radius 1 is 0.688 bits per heavy atom. The van der Waals surface area contributed by atoms with Crippen molar-refractivity contribution in [2.75, 3.05) is 6.61 Å². The van der Waals surface area contributed by atoms with Crippen LogP contribution >= 0.6 is 0 Å². The van der Waals surface area contributed by atoms with Crippen molar-refractivity contribution in [1.82, 2.24) is 0 Å². The number of carbonyl (C=O) groups excluding carboxylic acids is 4. The number of carbonyl (C=O) groups is 4. The van der Waals surface area contributed by atoms with Crippen molar-refractivity contribution in [2.45, 2.75) is 86.1 Å². The van der Waals surface area contributed by atoms with Gasteiger partial charge in [0.2, 0.25) is 12.4 Å². The van der Waals surface area contributed by atoms with Crippen LogP contribution < -0.4 is 0 Å². The van der Waals surface area contributed by atoms with Crippen LogP contribution in [0.3, 0.4) is 0 Å². The van der Waals surface area contributed by atoms with Crippen LogP contribution in [0.5, 0.6) is 0 Å². The lowest BCUT2D eigenvalue weighted by molar-refractivity contribution is -0.301. The topological polar surface area (TPSA) is 135 Å². The largest absolute Gasteiger partial charge is 0.463 e. The summed E-state index contributed by atoms with van der Waals surface area (Å²) in [5, 5.41) is 10.9. The van der Waals surface area contributed by atoms with E-state index < -0.39 is 78.3 Å². The maximum atomic E-state index is 12.3. The molecule has 1 aliphatic heterocycles. The molecule has 32 heavy (non-hydrogen) atoms. The van der Waals surface area contributed by atoms with Crippen LogP contribution in [0, 0.1) is 23.7 Å². The van der Waals surface area contributed by atoms with E-state index in [1.54, 1.807) is 55.4 Å². The molecule has 0 aromatic heterocycles. The fourth-order valence-corrected chi connectivity index (χ4v) is 2.50. The van der Waals surface area contributed by atoms with Crippen molar-refractivity contribution >= 4 is 23.9 Å². The molecule has 1 fully saturated rings. The first-order valence-electron chi connectivity index (χ1n) is 10.9. The van der Waals surface area contributed by atoms with Gasteiger partial charge in [0.25, 0.3) is 0 Å². The van der Waals surface area contributed by atoms with Gasteiger partial charge < -0.3 is 28.8 Å². The van der Waals surface area contributed by atoms with E-state index in [0.29, 0.717) is 0 Å². The highest BCUT2D eigenvalue weighted by Crippen LogP contribution is 2.29. The van der Waals surface area contributed by atoms with Crippen molar-refractivity contribution in [3.63, 3.8) is 0 Å². The van der Waals surface area contributed by atoms with Gasteiger partial charge in [-0.05, 0) is 0 Å². The summed E-state index contributed by atoms with van der Waals surface area (Å²) >= 11 is 0. The number of esters is 4. The summed E-state index contributed by atoms with van der Waals surface area (Å²) in [5.74, 6) is -4.52. The molecular formula is C22H36O10. The van der Waals surface area contributed by atoms with Gasteiger partial charge in [0.1, 0.15) is 18.8 Å². The highest BCUT2D eigenvalue weighted by molar-refractivity contribution is 5.74. The van der Waals surface area contributed by atoms with E-state index in [4.69, 9.17) is 23.7 Å². The third-order valence-electron chi connectivity index (χ3n) is 4.63. The zero-order valence-electron chi connectivity index (χ0n) is 20.0. The Morgan fingerprint density at radius 2 is 1.09 bits per heavy atom. The standard InChI is InChI=1S/C22H36O10/c1-10(2)18(24)28-9-14-15(23)16(30-19(25)11(3)4)17(31-20(26)12(5)6)22(29-14)32-21(27)13(7)8/h10-17,22-23H,9H2,1-8H3/t14-,15-,16+,17-,22+/m1/s1. The Bertz CT molecular complexity index is 670. The molecule has 1 rings (SSSR count). The highest BCUT2D eigenvalue weighted by Gasteiger charge is 2.52. The molecule has 0 amide bonds. The van der Waals surface area contributed by atoms with Gasteiger partial charge in [-0.2, -0.15) is 0 Å². The molecule has 184 valence electrons. The highest BCUT2D eigenvalue weighted by atomic mass is 16.7. The van der Waals surface area contributed by atoms with Crippen molar-refractivity contribution in [3.8, 4) is 0 Å². The summed E-state index contributed by atoms with van der Waals surface area (Å²) in [5.41, 5.74) is 0. The minimum atomic E-state index is -1.52. The molecule has 0 aliphatic carbocycles. The number of ether oxygens (including phenoxy) is 5. The molecule has 0 aromatic rings. The first-order chi connectivity index (χ1) is 14.8. The maximum Gasteiger partial charge on any atom is 0.310 e. The zero-order valence-corrected chi connectivity index (χ0v) is 20.0. The summed E-state index contributed by atoms with van der Waals surface area (Å²) in [6, 6.07) is 0. The molecule has 5 atom stereocenters. The third-order valence-corrected chi connectivity index (χ3v) is 4.63. The van der Waals surface area contributed by atoms with E-state index in [0.717, 1.165) is 0 Å². The Kier molecular flexibility index (Phi) is 10.6. The molecule has 0 unspecified atom stereocenters. The molecule has 1 N–H and O–H groups in total. The lowest BCUT2D eigenvalue weighted by atomic mass is 9.98. The van der Waals surface area contributed by atoms with Crippen LogP contribution in [0.15, 0.2) is 0 Å². The van der Waals surface area contributed by atoms with E-state index in [1.165, 1.54) is 0 Å². The summed E-state index contributed by atoms with van der Waals surface area (Å²) in [4.78, 5) is 48.8. The molecule has 0 radical (unpaired) electrons. The molecule has 10 nitrogen and oxygen atoms in total. The van der Waals surface area contributed by atoms with Crippen LogP contribution in [0.1, 0.15) is 55.4 Å². The number of aliphatic hydroxyl groups is 1. The fourth-order valence-electron chi connectivity index (χ4n) is 2.50. The average molecular weight is 461 g/mol. The Hall–Kier alpha value is -2.20. The van der Waals surface area contributed by atoms with Gasteiger partial charge >= 0.3 is 23.9 Å². The molecule has 10 heteroatoms. The van der Waals surface area contributed by atoms with Crippen LogP contribution in [-0.4, -0.2) is 66.3 Å². The molecule has 0 aromatic carbocycles. The van der Waals surface area contributed by atoms with Crippen LogP contribution in [0.2, 0.25) is 0 Å². The second-order valence-electron chi connectivity index (χ2n) is 9.02. The summed E-state index contributed by atoms with van der Waals surface area (Å²) in [6.07, 6.45) is -7.02. The molecule has 0 saturated carbocycles. The summed E-state index contributed by atoms with van der Waals surface area (Å²) < 4.78 is 27.1. The maximum absolute atomic E-state index is 12.3. The van der Waals surface area contributed by atoms with E-state index in [2.05, 4.69) is 0 Å². The molecular weight excluding hydrogens is 424 g/mol. The number of rotatable bonds is 9. The number of hydrogen-bond donors (Lipinski definition) is 1. The Labute approximate surface area is 188 Å². The van der Waals surface area contributed by atoms with E-state index in [-0.39, 0.29) is 6.61 Å². The second-order valence-corrected chi connectivity index (χ2v) is 9.02. The monoisotopic (exact) mass is 460 g/mol. The SMILES string of the molecule is CC(C)C(=O)OC[C@H]1O[C@@H](OC(=O)C(C)C)[C@H](OC(=O)C(C)C)[C@@H](OC(=O)C(C)C)[C@@H]1O. The second kappa shape index (κ2) is 12.2. The van der Waals surface area contributed by atoms with E-state index in [9.17, 15) is 24.3 Å². The zero-order chi connectivity index (χ0) is 24.7. The number of aliphatic hydroxyl groups excluding tert-OH is 1.